The van der Waals surface area contributed by atoms with E-state index in [1.807, 2.05) is 18.2 Å². The third-order valence-electron chi connectivity index (χ3n) is 15.2. The van der Waals surface area contributed by atoms with Crippen LogP contribution in [-0.4, -0.2) is 28.2 Å². The minimum absolute atomic E-state index is 0.104. The number of hydrogen-bond acceptors (Lipinski definition) is 3. The number of amides is 1. The third-order valence-corrected chi connectivity index (χ3v) is 15.2. The number of nitrogens with one attached hydrogen (secondary N) is 1. The molecule has 3 N–H and O–H groups in total. The van der Waals surface area contributed by atoms with Crippen LogP contribution in [0.15, 0.2) is 48.5 Å². The summed E-state index contributed by atoms with van der Waals surface area (Å²) in [7, 11) is 0. The highest BCUT2D eigenvalue weighted by molar-refractivity contribution is 5.89. The first kappa shape index (κ1) is 26.7. The molecular formula is C38H45NO4. The van der Waals surface area contributed by atoms with E-state index in [0.29, 0.717) is 34.6 Å². The molecule has 0 aliphatic heterocycles. The summed E-state index contributed by atoms with van der Waals surface area (Å²) in [5.41, 5.74) is 4.42. The SMILES string of the molecule is CCCC1(C(=O)NCc2cccc(-c3cccc(C(=O)O)c3)c2)CCCC1C12CC3C4C35CCC(O)C3(C)C(CC41C2)C35. The van der Waals surface area contributed by atoms with Gasteiger partial charge in [-0.1, -0.05) is 57.0 Å². The van der Waals surface area contributed by atoms with Crippen molar-refractivity contribution < 1.29 is 19.8 Å². The third kappa shape index (κ3) is 3.04. The van der Waals surface area contributed by atoms with Crippen molar-refractivity contribution in [2.75, 3.05) is 0 Å². The van der Waals surface area contributed by atoms with E-state index in [2.05, 4.69) is 31.3 Å². The summed E-state index contributed by atoms with van der Waals surface area (Å²) >= 11 is 0. The molecule has 0 saturated heterocycles. The Bertz CT molecular complexity index is 1570. The quantitative estimate of drug-likeness (QED) is 0.312. The number of benzene rings is 2. The molecule has 11 atom stereocenters. The normalized spacial score (nSPS) is 47.2. The molecule has 7 saturated carbocycles. The summed E-state index contributed by atoms with van der Waals surface area (Å²) in [6.45, 7) is 5.16. The highest BCUT2D eigenvalue weighted by Crippen LogP contribution is 3.04. The number of aromatic carboxylic acids is 1. The van der Waals surface area contributed by atoms with E-state index in [1.54, 1.807) is 18.2 Å². The number of carboxylic acid groups (broad SMARTS) is 1. The van der Waals surface area contributed by atoms with Gasteiger partial charge >= 0.3 is 5.97 Å². The van der Waals surface area contributed by atoms with Crippen LogP contribution in [0, 0.1) is 56.7 Å². The average molecular weight is 580 g/mol. The summed E-state index contributed by atoms with van der Waals surface area (Å²) in [5, 5.41) is 23.9. The smallest absolute Gasteiger partial charge is 0.335 e. The molecule has 7 aliphatic carbocycles. The van der Waals surface area contributed by atoms with E-state index < -0.39 is 5.97 Å². The summed E-state index contributed by atoms with van der Waals surface area (Å²) in [6.07, 6.45) is 11.6. The molecule has 5 heteroatoms. The Morgan fingerprint density at radius 2 is 1.72 bits per heavy atom. The minimum Gasteiger partial charge on any atom is -0.478 e. The van der Waals surface area contributed by atoms with Crippen molar-refractivity contribution in [1.29, 1.82) is 0 Å². The lowest BCUT2D eigenvalue weighted by Crippen LogP contribution is -2.47. The fourth-order valence-electron chi connectivity index (χ4n) is 13.8. The van der Waals surface area contributed by atoms with Crippen LogP contribution >= 0.6 is 0 Å². The van der Waals surface area contributed by atoms with Crippen molar-refractivity contribution in [1.82, 2.24) is 5.32 Å². The van der Waals surface area contributed by atoms with Gasteiger partial charge < -0.3 is 15.5 Å². The molecular weight excluding hydrogens is 534 g/mol. The fourth-order valence-corrected chi connectivity index (χ4v) is 13.8. The number of hydrogen-bond donors (Lipinski definition) is 3. The molecule has 0 heterocycles. The molecule has 2 spiro atoms. The first-order valence-corrected chi connectivity index (χ1v) is 17.1. The van der Waals surface area contributed by atoms with Gasteiger partial charge in [-0.15, -0.1) is 0 Å². The summed E-state index contributed by atoms with van der Waals surface area (Å²) in [5.74, 6) is 3.05. The van der Waals surface area contributed by atoms with Crippen molar-refractivity contribution in [3.63, 3.8) is 0 Å². The molecule has 5 nitrogen and oxygen atoms in total. The second kappa shape index (κ2) is 8.33. The number of aliphatic hydroxyl groups excluding tert-OH is 1. The Hall–Kier alpha value is -2.66. The van der Waals surface area contributed by atoms with Crippen LogP contribution in [0.25, 0.3) is 11.1 Å². The number of carboxylic acids is 1. The largest absolute Gasteiger partial charge is 0.478 e. The van der Waals surface area contributed by atoms with Crippen molar-refractivity contribution >= 4 is 11.9 Å². The number of carbonyl (C=O) groups is 2. The van der Waals surface area contributed by atoms with Crippen LogP contribution in [-0.2, 0) is 11.3 Å². The van der Waals surface area contributed by atoms with Crippen LogP contribution in [0.1, 0.15) is 94.0 Å². The van der Waals surface area contributed by atoms with Crippen LogP contribution in [0.4, 0.5) is 0 Å². The van der Waals surface area contributed by atoms with E-state index >= 15 is 0 Å². The number of aliphatic hydroxyl groups is 1. The summed E-state index contributed by atoms with van der Waals surface area (Å²) in [4.78, 5) is 25.9. The highest BCUT2D eigenvalue weighted by Gasteiger charge is 2.99. The van der Waals surface area contributed by atoms with E-state index in [9.17, 15) is 19.8 Å². The standard InChI is InChI=1S/C38H45NO4/c1-3-13-35(33(43)39-20-22-7-4-8-23(16-22)24-9-5-10-25(17-24)32(41)42)14-6-11-28(35)36-19-27-31-37(36,21-36)18-26-30-34(26,2)29(40)12-15-38(27,30)31/h4-5,7-10,16-17,26-31,40H,3,6,11-15,18-21H2,1-2H3,(H,39,43)(H,41,42). The number of fused-ring (bicyclic) bond motifs is 1. The zero-order valence-electron chi connectivity index (χ0n) is 25.6. The molecule has 9 rings (SSSR count). The molecule has 2 aromatic rings. The Morgan fingerprint density at radius 1 is 0.953 bits per heavy atom. The van der Waals surface area contributed by atoms with Gasteiger partial charge in [-0.3, -0.25) is 4.79 Å². The Kier molecular flexibility index (Phi) is 5.17. The van der Waals surface area contributed by atoms with Crippen LogP contribution in [0.3, 0.4) is 0 Å². The molecule has 0 radical (unpaired) electrons. The van der Waals surface area contributed by atoms with E-state index in [-0.39, 0.29) is 28.4 Å². The lowest BCUT2D eigenvalue weighted by Gasteiger charge is -2.44. The molecule has 43 heavy (non-hydrogen) atoms. The summed E-state index contributed by atoms with van der Waals surface area (Å²) in [6, 6.07) is 15.2. The van der Waals surface area contributed by atoms with E-state index in [4.69, 9.17) is 0 Å². The van der Waals surface area contributed by atoms with Gasteiger partial charge in [0.25, 0.3) is 0 Å². The van der Waals surface area contributed by atoms with Gasteiger partial charge in [0.15, 0.2) is 0 Å². The minimum atomic E-state index is -0.927. The fraction of sp³-hybridized carbons (Fsp3) is 0.632. The average Bonchev–Trinajstić information content (AvgIpc) is 3.88. The van der Waals surface area contributed by atoms with Crippen LogP contribution in [0.5, 0.6) is 0 Å². The maximum atomic E-state index is 14.4. The Labute approximate surface area is 254 Å². The monoisotopic (exact) mass is 579 g/mol. The molecule has 226 valence electrons. The number of carbonyl (C=O) groups excluding carboxylic acids is 1. The van der Waals surface area contributed by atoms with Gasteiger partial charge in [-0.05, 0) is 132 Å². The Morgan fingerprint density at radius 3 is 2.51 bits per heavy atom. The number of rotatable bonds is 8. The zero-order valence-corrected chi connectivity index (χ0v) is 25.6. The second-order valence-corrected chi connectivity index (χ2v) is 16.2. The predicted octanol–water partition coefficient (Wildman–Crippen LogP) is 7.08. The first-order chi connectivity index (χ1) is 20.7. The van der Waals surface area contributed by atoms with Gasteiger partial charge in [0.2, 0.25) is 5.91 Å². The predicted molar refractivity (Wildman–Crippen MR) is 164 cm³/mol. The van der Waals surface area contributed by atoms with Crippen molar-refractivity contribution in [3.8, 4) is 11.1 Å². The molecule has 7 aliphatic rings. The topological polar surface area (TPSA) is 86.6 Å². The summed E-state index contributed by atoms with van der Waals surface area (Å²) < 4.78 is 0. The van der Waals surface area contributed by atoms with Crippen molar-refractivity contribution in [3.05, 3.63) is 59.7 Å². The van der Waals surface area contributed by atoms with Gasteiger partial charge in [0, 0.05) is 12.0 Å². The molecule has 2 aromatic carbocycles. The lowest BCUT2D eigenvalue weighted by molar-refractivity contribution is -0.136. The molecule has 11 unspecified atom stereocenters. The Balaban J connectivity index is 0.968. The van der Waals surface area contributed by atoms with Gasteiger partial charge in [-0.25, -0.2) is 4.79 Å². The van der Waals surface area contributed by atoms with Crippen molar-refractivity contribution in [2.24, 2.45) is 56.7 Å². The molecule has 1 amide bonds. The lowest BCUT2D eigenvalue weighted by atomic mass is 9.60. The van der Waals surface area contributed by atoms with Gasteiger partial charge in [0.1, 0.15) is 0 Å². The highest BCUT2D eigenvalue weighted by atomic mass is 16.4. The zero-order chi connectivity index (χ0) is 29.6. The van der Waals surface area contributed by atoms with Crippen LogP contribution in [0.2, 0.25) is 0 Å². The van der Waals surface area contributed by atoms with Crippen molar-refractivity contribution in [2.45, 2.75) is 90.7 Å². The molecule has 7 fully saturated rings. The maximum absolute atomic E-state index is 14.4. The molecule has 0 bridgehead atoms. The second-order valence-electron chi connectivity index (χ2n) is 16.2. The van der Waals surface area contributed by atoms with Gasteiger partial charge in [-0.2, -0.15) is 0 Å². The molecule has 0 aromatic heterocycles. The van der Waals surface area contributed by atoms with Crippen LogP contribution < -0.4 is 5.32 Å². The first-order valence-electron chi connectivity index (χ1n) is 17.1. The van der Waals surface area contributed by atoms with Gasteiger partial charge in [0.05, 0.1) is 17.1 Å². The van der Waals surface area contributed by atoms with E-state index in [0.717, 1.165) is 66.5 Å². The van der Waals surface area contributed by atoms with E-state index in [1.165, 1.54) is 32.1 Å². The maximum Gasteiger partial charge on any atom is 0.335 e.